The molecule has 114 valence electrons. The minimum Gasteiger partial charge on any atom is -0.493 e. The number of nitrogens with two attached hydrogens (primary N) is 1. The number of rotatable bonds is 6. The highest BCUT2D eigenvalue weighted by Gasteiger charge is 2.22. The molecule has 1 amide bonds. The summed E-state index contributed by atoms with van der Waals surface area (Å²) in [6, 6.07) is 5.37. The maximum Gasteiger partial charge on any atom is 0.270 e. The van der Waals surface area contributed by atoms with Crippen molar-refractivity contribution in [1.29, 1.82) is 0 Å². The molecule has 0 saturated heterocycles. The Morgan fingerprint density at radius 2 is 2.29 bits per heavy atom. The third kappa shape index (κ3) is 4.59. The molecule has 0 aliphatic heterocycles. The molecular formula is C15H20IN3O2. The molecule has 0 unspecified atom stereocenters. The summed E-state index contributed by atoms with van der Waals surface area (Å²) in [5, 5.41) is 2.82. The third-order valence-electron chi connectivity index (χ3n) is 3.23. The predicted molar refractivity (Wildman–Crippen MR) is 93.2 cm³/mol. The van der Waals surface area contributed by atoms with E-state index in [2.05, 4.69) is 32.9 Å². The number of amides is 1. The van der Waals surface area contributed by atoms with E-state index in [1.807, 2.05) is 13.0 Å². The quantitative estimate of drug-likeness (QED) is 0.253. The molecule has 1 atom stereocenters. The average Bonchev–Trinajstić information content (AvgIpc) is 3.23. The summed E-state index contributed by atoms with van der Waals surface area (Å²) >= 11 is 2.13. The van der Waals surface area contributed by atoms with E-state index in [9.17, 15) is 4.79 Å². The fourth-order valence-electron chi connectivity index (χ4n) is 1.92. The van der Waals surface area contributed by atoms with Crippen molar-refractivity contribution in [3.05, 3.63) is 23.8 Å². The number of hydrogen-bond acceptors (Lipinski definition) is 4. The average molecular weight is 401 g/mol. The molecule has 1 saturated carbocycles. The highest BCUT2D eigenvalue weighted by Crippen LogP contribution is 2.30. The van der Waals surface area contributed by atoms with Gasteiger partial charge in [0.25, 0.3) is 5.91 Å². The minimum absolute atomic E-state index is 0.0161. The topological polar surface area (TPSA) is 76.7 Å². The molecule has 1 aliphatic rings. The molecule has 0 radical (unpaired) electrons. The first kappa shape index (κ1) is 16.1. The second-order valence-corrected chi connectivity index (χ2v) is 7.03. The lowest BCUT2D eigenvalue weighted by molar-refractivity contribution is -0.114. The van der Waals surface area contributed by atoms with Gasteiger partial charge in [0.15, 0.2) is 0 Å². The lowest BCUT2D eigenvalue weighted by atomic mass is 10.1. The van der Waals surface area contributed by atoms with Crippen molar-refractivity contribution >= 4 is 39.9 Å². The van der Waals surface area contributed by atoms with Gasteiger partial charge >= 0.3 is 0 Å². The fraction of sp³-hybridized carbons (Fsp3) is 0.467. The van der Waals surface area contributed by atoms with Crippen LogP contribution in [0.4, 0.5) is 5.69 Å². The molecule has 0 bridgehead atoms. The van der Waals surface area contributed by atoms with Crippen molar-refractivity contribution in [2.24, 2.45) is 10.9 Å². The van der Waals surface area contributed by atoms with Crippen LogP contribution in [0.15, 0.2) is 23.2 Å². The van der Waals surface area contributed by atoms with Crippen molar-refractivity contribution < 1.29 is 9.53 Å². The Labute approximate surface area is 138 Å². The van der Waals surface area contributed by atoms with Crippen LogP contribution in [0.2, 0.25) is 0 Å². The van der Waals surface area contributed by atoms with Gasteiger partial charge in [0.05, 0.1) is 10.7 Å². The monoisotopic (exact) mass is 401 g/mol. The van der Waals surface area contributed by atoms with Crippen molar-refractivity contribution in [2.75, 3.05) is 19.4 Å². The fourth-order valence-corrected chi connectivity index (χ4v) is 2.20. The molecule has 1 aromatic rings. The highest BCUT2D eigenvalue weighted by molar-refractivity contribution is 14.1. The van der Waals surface area contributed by atoms with Gasteiger partial charge in [0, 0.05) is 18.3 Å². The van der Waals surface area contributed by atoms with Crippen molar-refractivity contribution in [2.45, 2.75) is 23.8 Å². The van der Waals surface area contributed by atoms with Crippen LogP contribution >= 0.6 is 22.6 Å². The van der Waals surface area contributed by atoms with Crippen LogP contribution in [0, 0.1) is 5.92 Å². The number of nitrogens with zero attached hydrogens (tertiary/aromatic N) is 1. The highest BCUT2D eigenvalue weighted by atomic mass is 127. The largest absolute Gasteiger partial charge is 0.493 e. The Balaban J connectivity index is 2.18. The molecule has 1 aromatic carbocycles. The van der Waals surface area contributed by atoms with E-state index in [-0.39, 0.29) is 9.96 Å². The molecule has 2 rings (SSSR count). The molecule has 3 N–H and O–H groups in total. The SMILES string of the molecule is CN=C(C(=O)N[C@@H](C)I)c1cc(OCC2CC2)ccc1N. The zero-order valence-corrected chi connectivity index (χ0v) is 14.4. The van der Waals surface area contributed by atoms with E-state index in [0.29, 0.717) is 22.9 Å². The van der Waals surface area contributed by atoms with Crippen LogP contribution in [0.1, 0.15) is 25.3 Å². The summed E-state index contributed by atoms with van der Waals surface area (Å²) in [4.78, 5) is 16.3. The summed E-state index contributed by atoms with van der Waals surface area (Å²) < 4.78 is 5.75. The number of aliphatic imine (C=N–C) groups is 1. The lowest BCUT2D eigenvalue weighted by Crippen LogP contribution is -2.35. The number of nitrogen functional groups attached to an aromatic ring is 1. The maximum absolute atomic E-state index is 12.2. The number of nitrogens with one attached hydrogen (secondary N) is 1. The smallest absolute Gasteiger partial charge is 0.270 e. The van der Waals surface area contributed by atoms with E-state index < -0.39 is 0 Å². The maximum atomic E-state index is 12.2. The number of benzene rings is 1. The second-order valence-electron chi connectivity index (χ2n) is 5.17. The standard InChI is InChI=1S/C15H20IN3O2/c1-9(16)19-15(20)14(18-2)12-7-11(5-6-13(12)17)21-8-10-3-4-10/h5-7,9-10H,3-4,8,17H2,1-2H3,(H,19,20)/t9-/m0/s1. The number of alkyl halides is 1. The number of carbonyl (C=O) groups is 1. The lowest BCUT2D eigenvalue weighted by Gasteiger charge is -2.13. The summed E-state index contributed by atoms with van der Waals surface area (Å²) in [5.74, 6) is 1.17. The molecule has 0 heterocycles. The van der Waals surface area contributed by atoms with Gasteiger partial charge in [-0.2, -0.15) is 0 Å². The molecule has 0 spiro atoms. The van der Waals surface area contributed by atoms with Crippen LogP contribution in [-0.2, 0) is 4.79 Å². The Bertz CT molecular complexity index is 554. The van der Waals surface area contributed by atoms with Crippen LogP contribution in [0.5, 0.6) is 5.75 Å². The molecule has 1 fully saturated rings. The van der Waals surface area contributed by atoms with Crippen LogP contribution in [-0.4, -0.2) is 29.3 Å². The number of ether oxygens (including phenoxy) is 1. The summed E-state index contributed by atoms with van der Waals surface area (Å²) in [6.45, 7) is 2.61. The molecule has 0 aromatic heterocycles. The van der Waals surface area contributed by atoms with Crippen molar-refractivity contribution in [3.8, 4) is 5.75 Å². The van der Waals surface area contributed by atoms with Crippen LogP contribution in [0.3, 0.4) is 0 Å². The Morgan fingerprint density at radius 1 is 1.57 bits per heavy atom. The van der Waals surface area contributed by atoms with E-state index in [0.717, 1.165) is 12.4 Å². The first-order valence-electron chi connectivity index (χ1n) is 6.95. The van der Waals surface area contributed by atoms with Gasteiger partial charge in [-0.15, -0.1) is 0 Å². The van der Waals surface area contributed by atoms with Gasteiger partial charge in [-0.25, -0.2) is 0 Å². The zero-order valence-electron chi connectivity index (χ0n) is 12.2. The summed E-state index contributed by atoms with van der Waals surface area (Å²) in [5.41, 5.74) is 7.44. The molecule has 1 aliphatic carbocycles. The number of anilines is 1. The van der Waals surface area contributed by atoms with Gasteiger partial charge in [-0.3, -0.25) is 9.79 Å². The zero-order chi connectivity index (χ0) is 15.4. The first-order chi connectivity index (χ1) is 10.0. The van der Waals surface area contributed by atoms with Gasteiger partial charge in [-0.05, 0) is 43.9 Å². The third-order valence-corrected chi connectivity index (χ3v) is 3.54. The number of carbonyl (C=O) groups excluding carboxylic acids is 1. The van der Waals surface area contributed by atoms with Gasteiger partial charge < -0.3 is 15.8 Å². The van der Waals surface area contributed by atoms with E-state index in [1.54, 1.807) is 19.2 Å². The normalized spacial score (nSPS) is 16.4. The van der Waals surface area contributed by atoms with Crippen LogP contribution < -0.4 is 15.8 Å². The van der Waals surface area contributed by atoms with Gasteiger partial charge in [0.2, 0.25) is 0 Å². The molecule has 5 nitrogen and oxygen atoms in total. The second kappa shape index (κ2) is 7.11. The molecule has 6 heteroatoms. The Kier molecular flexibility index (Phi) is 5.44. The van der Waals surface area contributed by atoms with Crippen LogP contribution in [0.25, 0.3) is 0 Å². The van der Waals surface area contributed by atoms with Crippen molar-refractivity contribution in [3.63, 3.8) is 0 Å². The summed E-state index contributed by atoms with van der Waals surface area (Å²) in [6.07, 6.45) is 2.47. The first-order valence-corrected chi connectivity index (χ1v) is 8.20. The van der Waals surface area contributed by atoms with E-state index in [4.69, 9.17) is 10.5 Å². The predicted octanol–water partition coefficient (Wildman–Crippen LogP) is 2.37. The van der Waals surface area contributed by atoms with Crippen molar-refractivity contribution in [1.82, 2.24) is 5.32 Å². The molecular weight excluding hydrogens is 381 g/mol. The minimum atomic E-state index is -0.231. The van der Waals surface area contributed by atoms with E-state index in [1.165, 1.54) is 12.8 Å². The number of hydrogen-bond donors (Lipinski definition) is 2. The van der Waals surface area contributed by atoms with Gasteiger partial charge in [0.1, 0.15) is 11.5 Å². The Hall–Kier alpha value is -1.31. The summed E-state index contributed by atoms with van der Waals surface area (Å²) in [7, 11) is 1.59. The van der Waals surface area contributed by atoms with Gasteiger partial charge in [-0.1, -0.05) is 22.6 Å². The van der Waals surface area contributed by atoms with E-state index >= 15 is 0 Å². The Morgan fingerprint density at radius 3 is 2.86 bits per heavy atom. The number of halogens is 1. The molecule has 21 heavy (non-hydrogen) atoms.